The van der Waals surface area contributed by atoms with Gasteiger partial charge in [0.05, 0.1) is 22.6 Å². The zero-order valence-corrected chi connectivity index (χ0v) is 18.4. The van der Waals surface area contributed by atoms with Crippen LogP contribution in [0.5, 0.6) is 17.2 Å². The molecule has 7 nitrogen and oxygen atoms in total. The summed E-state index contributed by atoms with van der Waals surface area (Å²) in [5.74, 6) is 1.90. The van der Waals surface area contributed by atoms with E-state index >= 15 is 0 Å². The lowest BCUT2D eigenvalue weighted by Crippen LogP contribution is -2.10. The summed E-state index contributed by atoms with van der Waals surface area (Å²) in [5.41, 5.74) is 2.64. The van der Waals surface area contributed by atoms with Crippen molar-refractivity contribution < 1.29 is 19.0 Å². The maximum absolute atomic E-state index is 12.7. The number of amides is 1. The third-order valence-electron chi connectivity index (χ3n) is 4.76. The third kappa shape index (κ3) is 4.71. The van der Waals surface area contributed by atoms with Crippen LogP contribution in [-0.2, 0) is 13.2 Å². The predicted octanol–water partition coefficient (Wildman–Crippen LogP) is 5.21. The number of thiophene rings is 1. The topological polar surface area (TPSA) is 74.6 Å². The summed E-state index contributed by atoms with van der Waals surface area (Å²) in [4.78, 5) is 13.3. The van der Waals surface area contributed by atoms with Gasteiger partial charge in [0.1, 0.15) is 12.4 Å². The maximum atomic E-state index is 12.7. The Labute approximate surface area is 193 Å². The Morgan fingerprint density at radius 1 is 1.16 bits per heavy atom. The first-order valence-electron chi connectivity index (χ1n) is 9.80. The van der Waals surface area contributed by atoms with Crippen molar-refractivity contribution in [2.75, 3.05) is 12.1 Å². The van der Waals surface area contributed by atoms with E-state index in [0.29, 0.717) is 40.3 Å². The first-order chi connectivity index (χ1) is 15.6. The number of aromatic nitrogens is 2. The summed E-state index contributed by atoms with van der Waals surface area (Å²) in [6, 6.07) is 14.9. The number of hydrogen-bond donors (Lipinski definition) is 1. The minimum absolute atomic E-state index is 0.163. The molecule has 1 aliphatic rings. The van der Waals surface area contributed by atoms with E-state index in [1.165, 1.54) is 11.3 Å². The minimum atomic E-state index is -0.163. The van der Waals surface area contributed by atoms with Gasteiger partial charge in [-0.05, 0) is 41.3 Å². The average Bonchev–Trinajstić information content (AvgIpc) is 3.53. The van der Waals surface area contributed by atoms with Gasteiger partial charge in [0, 0.05) is 23.5 Å². The minimum Gasteiger partial charge on any atom is -0.489 e. The van der Waals surface area contributed by atoms with Gasteiger partial charge in [0.15, 0.2) is 11.5 Å². The molecule has 0 bridgehead atoms. The first-order valence-corrected chi connectivity index (χ1v) is 11.1. The van der Waals surface area contributed by atoms with Crippen molar-refractivity contribution >= 4 is 34.5 Å². The summed E-state index contributed by atoms with van der Waals surface area (Å²) in [6.45, 7) is 1.14. The van der Waals surface area contributed by atoms with Crippen LogP contribution in [0.25, 0.3) is 0 Å². The molecule has 2 aromatic carbocycles. The lowest BCUT2D eigenvalue weighted by Gasteiger charge is -2.07. The predicted molar refractivity (Wildman–Crippen MR) is 122 cm³/mol. The molecule has 3 heterocycles. The molecule has 4 aromatic rings. The van der Waals surface area contributed by atoms with Crippen molar-refractivity contribution in [3.05, 3.63) is 87.3 Å². The fourth-order valence-corrected chi connectivity index (χ4v) is 4.20. The number of ether oxygens (including phenoxy) is 3. The number of nitrogens with one attached hydrogen (secondary N) is 1. The quantitative estimate of drug-likeness (QED) is 0.404. The SMILES string of the molecule is O=C(Nc1cccc(Cn2cc(Cl)cn2)c1)c1cc(COc2ccc3c(c2)OCO3)cs1. The monoisotopic (exact) mass is 467 g/mol. The van der Waals surface area contributed by atoms with Crippen LogP contribution in [0.3, 0.4) is 0 Å². The van der Waals surface area contributed by atoms with Crippen molar-refractivity contribution in [2.24, 2.45) is 0 Å². The molecule has 0 atom stereocenters. The molecule has 0 fully saturated rings. The number of fused-ring (bicyclic) bond motifs is 1. The van der Waals surface area contributed by atoms with Crippen molar-refractivity contribution in [2.45, 2.75) is 13.2 Å². The molecular weight excluding hydrogens is 450 g/mol. The number of carbonyl (C=O) groups excluding carboxylic acids is 1. The highest BCUT2D eigenvalue weighted by molar-refractivity contribution is 7.12. The van der Waals surface area contributed by atoms with Crippen molar-refractivity contribution in [3.63, 3.8) is 0 Å². The van der Waals surface area contributed by atoms with Gasteiger partial charge in [0.2, 0.25) is 6.79 Å². The van der Waals surface area contributed by atoms with Crippen LogP contribution in [0.4, 0.5) is 5.69 Å². The highest BCUT2D eigenvalue weighted by Crippen LogP contribution is 2.35. The van der Waals surface area contributed by atoms with Crippen LogP contribution < -0.4 is 19.5 Å². The average molecular weight is 468 g/mol. The van der Waals surface area contributed by atoms with Crippen molar-refractivity contribution in [3.8, 4) is 17.2 Å². The standard InChI is InChI=1S/C23H18ClN3O4S/c24-17-9-25-27(11-17)10-15-2-1-3-18(6-15)26-23(28)22-7-16(13-32-22)12-29-19-4-5-20-21(8-19)31-14-30-20/h1-9,11,13H,10,12,14H2,(H,26,28). The summed E-state index contributed by atoms with van der Waals surface area (Å²) < 4.78 is 18.2. The molecule has 2 aromatic heterocycles. The second-order valence-electron chi connectivity index (χ2n) is 7.13. The zero-order valence-electron chi connectivity index (χ0n) is 16.8. The molecule has 0 saturated heterocycles. The Balaban J connectivity index is 1.19. The van der Waals surface area contributed by atoms with Gasteiger partial charge < -0.3 is 19.5 Å². The van der Waals surface area contributed by atoms with Crippen LogP contribution in [0.1, 0.15) is 20.8 Å². The van der Waals surface area contributed by atoms with Gasteiger partial charge in [-0.1, -0.05) is 23.7 Å². The largest absolute Gasteiger partial charge is 0.489 e. The Morgan fingerprint density at radius 3 is 2.94 bits per heavy atom. The Kier molecular flexibility index (Phi) is 5.70. The fraction of sp³-hybridized carbons (Fsp3) is 0.130. The van der Waals surface area contributed by atoms with Gasteiger partial charge >= 0.3 is 0 Å². The highest BCUT2D eigenvalue weighted by atomic mass is 35.5. The second-order valence-corrected chi connectivity index (χ2v) is 8.48. The molecule has 5 rings (SSSR count). The molecule has 0 spiro atoms. The van der Waals surface area contributed by atoms with Gasteiger partial charge in [-0.15, -0.1) is 11.3 Å². The molecule has 162 valence electrons. The van der Waals surface area contributed by atoms with E-state index in [9.17, 15) is 4.79 Å². The zero-order chi connectivity index (χ0) is 21.9. The number of nitrogens with zero attached hydrogens (tertiary/aromatic N) is 2. The molecule has 0 radical (unpaired) electrons. The van der Waals surface area contributed by atoms with Gasteiger partial charge in [-0.2, -0.15) is 5.10 Å². The Morgan fingerprint density at radius 2 is 2.06 bits per heavy atom. The van der Waals surface area contributed by atoms with Crippen LogP contribution in [0.2, 0.25) is 5.02 Å². The van der Waals surface area contributed by atoms with E-state index in [0.717, 1.165) is 16.8 Å². The highest BCUT2D eigenvalue weighted by Gasteiger charge is 2.14. The normalized spacial score (nSPS) is 12.0. The molecule has 1 amide bonds. The summed E-state index contributed by atoms with van der Waals surface area (Å²) in [6.07, 6.45) is 3.35. The number of hydrogen-bond acceptors (Lipinski definition) is 6. The number of halogens is 1. The lowest BCUT2D eigenvalue weighted by atomic mass is 10.2. The van der Waals surface area contributed by atoms with Gasteiger partial charge in [-0.25, -0.2) is 0 Å². The number of rotatable bonds is 7. The van der Waals surface area contributed by atoms with E-state index in [-0.39, 0.29) is 12.7 Å². The summed E-state index contributed by atoms with van der Waals surface area (Å²) >= 11 is 7.29. The Hall–Kier alpha value is -3.49. The molecule has 1 N–H and O–H groups in total. The first kappa shape index (κ1) is 20.4. The molecule has 9 heteroatoms. The van der Waals surface area contributed by atoms with E-state index in [4.69, 9.17) is 25.8 Å². The molecule has 1 aliphatic heterocycles. The fourth-order valence-electron chi connectivity index (χ4n) is 3.26. The van der Waals surface area contributed by atoms with Crippen molar-refractivity contribution in [1.29, 1.82) is 0 Å². The van der Waals surface area contributed by atoms with E-state index in [1.807, 2.05) is 47.8 Å². The van der Waals surface area contributed by atoms with Crippen LogP contribution in [0.15, 0.2) is 66.3 Å². The lowest BCUT2D eigenvalue weighted by molar-refractivity contribution is 0.103. The summed E-state index contributed by atoms with van der Waals surface area (Å²) in [7, 11) is 0. The number of carbonyl (C=O) groups is 1. The molecule has 0 aliphatic carbocycles. The molecular formula is C23H18ClN3O4S. The third-order valence-corrected chi connectivity index (χ3v) is 5.93. The van der Waals surface area contributed by atoms with Crippen LogP contribution >= 0.6 is 22.9 Å². The molecule has 0 unspecified atom stereocenters. The van der Waals surface area contributed by atoms with Crippen LogP contribution in [-0.4, -0.2) is 22.5 Å². The molecule has 0 saturated carbocycles. The van der Waals surface area contributed by atoms with Gasteiger partial charge in [0.25, 0.3) is 5.91 Å². The van der Waals surface area contributed by atoms with E-state index < -0.39 is 0 Å². The van der Waals surface area contributed by atoms with Gasteiger partial charge in [-0.3, -0.25) is 9.48 Å². The number of benzene rings is 2. The Bertz CT molecular complexity index is 1270. The summed E-state index contributed by atoms with van der Waals surface area (Å²) in [5, 5.41) is 9.64. The van der Waals surface area contributed by atoms with E-state index in [2.05, 4.69) is 10.4 Å². The second kappa shape index (κ2) is 8.94. The van der Waals surface area contributed by atoms with Crippen molar-refractivity contribution in [1.82, 2.24) is 9.78 Å². The smallest absolute Gasteiger partial charge is 0.265 e. The van der Waals surface area contributed by atoms with E-state index in [1.54, 1.807) is 23.1 Å². The number of anilines is 1. The molecule has 32 heavy (non-hydrogen) atoms. The maximum Gasteiger partial charge on any atom is 0.265 e. The van der Waals surface area contributed by atoms with Crippen LogP contribution in [0, 0.1) is 0 Å².